The van der Waals surface area contributed by atoms with E-state index >= 15 is 0 Å². The molecule has 7 heteroatoms. The van der Waals surface area contributed by atoms with E-state index in [0.717, 1.165) is 40.6 Å². The van der Waals surface area contributed by atoms with E-state index in [1.165, 1.54) is 0 Å². The van der Waals surface area contributed by atoms with E-state index in [1.54, 1.807) is 0 Å². The minimum atomic E-state index is -0.0823. The first-order valence-electron chi connectivity index (χ1n) is 8.84. The van der Waals surface area contributed by atoms with Gasteiger partial charge in [-0.25, -0.2) is 15.0 Å². The van der Waals surface area contributed by atoms with Crippen LogP contribution in [-0.4, -0.2) is 55.8 Å². The lowest BCUT2D eigenvalue weighted by atomic mass is 10.2. The summed E-state index contributed by atoms with van der Waals surface area (Å²) in [7, 11) is 2.06. The topological polar surface area (TPSA) is 47.9 Å². The monoisotopic (exact) mass is 424 g/mol. The average Bonchev–Trinajstić information content (AvgIpc) is 2.96. The molecule has 0 N–H and O–H groups in total. The Hall–Kier alpha value is -2.59. The van der Waals surface area contributed by atoms with Crippen LogP contribution in [0.3, 0.4) is 0 Å². The lowest BCUT2D eigenvalue weighted by Crippen LogP contribution is -2.43. The zero-order valence-corrected chi connectivity index (χ0v) is 17.2. The van der Waals surface area contributed by atoms with E-state index in [1.807, 2.05) is 32.0 Å². The molecule has 1 aromatic carbocycles. The van der Waals surface area contributed by atoms with Crippen LogP contribution in [0.2, 0.25) is 0 Å². The van der Waals surface area contributed by atoms with Crippen molar-refractivity contribution in [3.8, 4) is 11.8 Å². The van der Waals surface area contributed by atoms with E-state index in [-0.39, 0.29) is 5.08 Å². The molecule has 6 nitrogen and oxygen atoms in total. The molecule has 4 rings (SSSR count). The molecule has 1 aromatic heterocycles. The molecule has 2 aliphatic rings. The summed E-state index contributed by atoms with van der Waals surface area (Å²) < 4.78 is 0. The first kappa shape index (κ1) is 17.8. The lowest BCUT2D eigenvalue weighted by Gasteiger charge is -2.35. The highest BCUT2D eigenvalue weighted by Gasteiger charge is 2.34. The smallest absolute Gasteiger partial charge is 0.181 e. The molecular weight excluding hydrogens is 404 g/mol. The van der Waals surface area contributed by atoms with Gasteiger partial charge in [0, 0.05) is 24.3 Å². The second kappa shape index (κ2) is 7.20. The van der Waals surface area contributed by atoms with Crippen molar-refractivity contribution >= 4 is 32.7 Å². The predicted molar refractivity (Wildman–Crippen MR) is 111 cm³/mol. The predicted octanol–water partition coefficient (Wildman–Crippen LogP) is 2.90. The Morgan fingerprint density at radius 1 is 1.26 bits per heavy atom. The quantitative estimate of drug-likeness (QED) is 0.430. The van der Waals surface area contributed by atoms with Gasteiger partial charge in [0.15, 0.2) is 10.9 Å². The van der Waals surface area contributed by atoms with E-state index in [2.05, 4.69) is 61.8 Å². The van der Waals surface area contributed by atoms with Gasteiger partial charge in [-0.2, -0.15) is 0 Å². The number of halogens is 1. The number of fused-ring (bicyclic) bond motifs is 2. The minimum Gasteiger partial charge on any atom is -0.350 e. The fourth-order valence-corrected chi connectivity index (χ4v) is 3.99. The molecule has 1 unspecified atom stereocenters. The number of aryl methyl sites for hydroxylation is 1. The maximum Gasteiger partial charge on any atom is 0.181 e. The minimum absolute atomic E-state index is 0.0823. The van der Waals surface area contributed by atoms with Gasteiger partial charge in [-0.15, -0.1) is 5.92 Å². The number of rotatable bonds is 3. The molecule has 2 aliphatic heterocycles. The highest BCUT2D eigenvalue weighted by molar-refractivity contribution is 9.09. The molecule has 0 radical (unpaired) electrons. The van der Waals surface area contributed by atoms with Crippen LogP contribution >= 0.6 is 15.9 Å². The molecule has 0 saturated carbocycles. The maximum absolute atomic E-state index is 4.75. The summed E-state index contributed by atoms with van der Waals surface area (Å²) in [4.78, 5) is 20.7. The Kier molecular flexibility index (Phi) is 4.75. The van der Waals surface area contributed by atoms with Gasteiger partial charge in [-0.1, -0.05) is 24.1 Å². The van der Waals surface area contributed by atoms with Crippen molar-refractivity contribution in [3.05, 3.63) is 47.7 Å². The number of aromatic nitrogens is 2. The second-order valence-electron chi connectivity index (χ2n) is 6.66. The van der Waals surface area contributed by atoms with E-state index in [0.29, 0.717) is 13.1 Å². The number of benzene rings is 1. The first-order chi connectivity index (χ1) is 13.1. The van der Waals surface area contributed by atoms with Crippen molar-refractivity contribution < 1.29 is 0 Å². The van der Waals surface area contributed by atoms with Crippen LogP contribution in [0.15, 0.2) is 41.2 Å². The summed E-state index contributed by atoms with van der Waals surface area (Å²) in [5.41, 5.74) is 3.07. The standard InChI is InChI=1S/C20H21BrN6/c1-4-5-10-27-17-11-26(13-25(3)19(17)24-20(27)21)12-18-22-14(2)15-8-6-7-9-16(15)23-18/h6-9,11,20H,10,12-13H2,1-3H3. The van der Waals surface area contributed by atoms with Crippen LogP contribution < -0.4 is 0 Å². The second-order valence-corrected chi connectivity index (χ2v) is 7.48. The van der Waals surface area contributed by atoms with Crippen LogP contribution in [0.4, 0.5) is 0 Å². The summed E-state index contributed by atoms with van der Waals surface area (Å²) in [6.45, 7) is 5.92. The molecule has 0 saturated heterocycles. The van der Waals surface area contributed by atoms with Gasteiger partial charge in [-0.3, -0.25) is 0 Å². The number of aliphatic imine (C=N–C) groups is 1. The average molecular weight is 425 g/mol. The maximum atomic E-state index is 4.75. The third kappa shape index (κ3) is 3.37. The zero-order valence-electron chi connectivity index (χ0n) is 15.6. The Labute approximate surface area is 167 Å². The molecule has 138 valence electrons. The summed E-state index contributed by atoms with van der Waals surface area (Å²) in [5.74, 6) is 7.90. The third-order valence-electron chi connectivity index (χ3n) is 4.70. The lowest BCUT2D eigenvalue weighted by molar-refractivity contribution is 0.241. The molecule has 0 aliphatic carbocycles. The van der Waals surface area contributed by atoms with Crippen LogP contribution in [0.5, 0.6) is 0 Å². The summed E-state index contributed by atoms with van der Waals surface area (Å²) >= 11 is 3.64. The van der Waals surface area contributed by atoms with E-state index < -0.39 is 0 Å². The van der Waals surface area contributed by atoms with Gasteiger partial charge in [0.05, 0.1) is 31.0 Å². The number of nitrogens with zero attached hydrogens (tertiary/aromatic N) is 6. The number of hydrogen-bond acceptors (Lipinski definition) is 6. The summed E-state index contributed by atoms with van der Waals surface area (Å²) in [6, 6.07) is 8.14. The van der Waals surface area contributed by atoms with E-state index in [9.17, 15) is 0 Å². The number of likely N-dealkylation sites (N-methyl/N-ethyl adjacent to an activating group) is 1. The zero-order chi connectivity index (χ0) is 19.0. The normalized spacial score (nSPS) is 18.8. The Morgan fingerprint density at radius 2 is 2.07 bits per heavy atom. The van der Waals surface area contributed by atoms with Gasteiger partial charge in [-0.05, 0) is 35.8 Å². The van der Waals surface area contributed by atoms with Crippen molar-refractivity contribution in [1.29, 1.82) is 0 Å². The largest absolute Gasteiger partial charge is 0.350 e. The van der Waals surface area contributed by atoms with Gasteiger partial charge in [0.2, 0.25) is 0 Å². The van der Waals surface area contributed by atoms with Crippen LogP contribution in [-0.2, 0) is 6.54 Å². The van der Waals surface area contributed by atoms with Gasteiger partial charge >= 0.3 is 0 Å². The van der Waals surface area contributed by atoms with Crippen molar-refractivity contribution in [2.24, 2.45) is 4.99 Å². The highest BCUT2D eigenvalue weighted by atomic mass is 79.9. The number of amidine groups is 1. The van der Waals surface area contributed by atoms with Gasteiger partial charge in [0.25, 0.3) is 0 Å². The van der Waals surface area contributed by atoms with Crippen LogP contribution in [0, 0.1) is 18.8 Å². The molecule has 0 spiro atoms. The van der Waals surface area contributed by atoms with Gasteiger partial charge < -0.3 is 14.7 Å². The Balaban J connectivity index is 1.63. The summed E-state index contributed by atoms with van der Waals surface area (Å²) in [5, 5.41) is 1.02. The number of alkyl halides is 1. The van der Waals surface area contributed by atoms with Crippen molar-refractivity contribution in [2.45, 2.75) is 25.5 Å². The number of hydrogen-bond donors (Lipinski definition) is 0. The fraction of sp³-hybridized carbons (Fsp3) is 0.350. The molecular formula is C20H21BrN6. The Bertz CT molecular complexity index is 1000. The molecule has 0 fully saturated rings. The molecule has 1 atom stereocenters. The third-order valence-corrected chi connectivity index (χ3v) is 5.39. The Morgan fingerprint density at radius 3 is 2.89 bits per heavy atom. The van der Waals surface area contributed by atoms with Crippen molar-refractivity contribution in [1.82, 2.24) is 24.7 Å². The molecule has 27 heavy (non-hydrogen) atoms. The van der Waals surface area contributed by atoms with Gasteiger partial charge in [0.1, 0.15) is 5.82 Å². The van der Waals surface area contributed by atoms with E-state index in [4.69, 9.17) is 15.0 Å². The number of para-hydroxylation sites is 1. The van der Waals surface area contributed by atoms with Crippen molar-refractivity contribution in [2.75, 3.05) is 20.3 Å². The first-order valence-corrected chi connectivity index (χ1v) is 9.76. The van der Waals surface area contributed by atoms with Crippen LogP contribution in [0.25, 0.3) is 10.9 Å². The fourth-order valence-electron chi connectivity index (χ4n) is 3.43. The SMILES string of the molecule is CC#CCN1C2=CN(Cc3nc(C)c4ccccc4n3)CN(C)C2=NC1Br. The molecule has 3 heterocycles. The molecule has 0 amide bonds. The van der Waals surface area contributed by atoms with Crippen LogP contribution in [0.1, 0.15) is 18.4 Å². The molecule has 2 aromatic rings. The molecule has 0 bridgehead atoms. The van der Waals surface area contributed by atoms with Crippen molar-refractivity contribution in [3.63, 3.8) is 0 Å². The summed E-state index contributed by atoms with van der Waals surface area (Å²) in [6.07, 6.45) is 2.14. The highest BCUT2D eigenvalue weighted by Crippen LogP contribution is 2.29.